The van der Waals surface area contributed by atoms with E-state index < -0.39 is 0 Å². The lowest BCUT2D eigenvalue weighted by Gasteiger charge is -2.14. The fourth-order valence-corrected chi connectivity index (χ4v) is 2.28. The summed E-state index contributed by atoms with van der Waals surface area (Å²) >= 11 is 0. The fourth-order valence-electron chi connectivity index (χ4n) is 2.28. The van der Waals surface area contributed by atoms with Gasteiger partial charge in [0.2, 0.25) is 0 Å². The van der Waals surface area contributed by atoms with Crippen LogP contribution in [0.3, 0.4) is 0 Å². The van der Waals surface area contributed by atoms with Crippen molar-refractivity contribution < 1.29 is 4.79 Å². The number of carbonyl (C=O) groups excluding carboxylic acids is 1. The van der Waals surface area contributed by atoms with Gasteiger partial charge in [-0.05, 0) is 24.6 Å². The van der Waals surface area contributed by atoms with Crippen LogP contribution in [-0.2, 0) is 0 Å². The van der Waals surface area contributed by atoms with Gasteiger partial charge in [0.1, 0.15) is 11.5 Å². The third-order valence-electron chi connectivity index (χ3n) is 3.58. The Labute approximate surface area is 140 Å². The average molecular weight is 318 g/mol. The van der Waals surface area contributed by atoms with Crippen LogP contribution in [0.1, 0.15) is 29.0 Å². The molecule has 3 aromatic rings. The van der Waals surface area contributed by atoms with Gasteiger partial charge in [-0.15, -0.1) is 0 Å². The van der Waals surface area contributed by atoms with Gasteiger partial charge < -0.3 is 10.6 Å². The molecule has 0 saturated heterocycles. The van der Waals surface area contributed by atoms with E-state index in [1.54, 1.807) is 6.20 Å². The van der Waals surface area contributed by atoms with E-state index in [4.69, 9.17) is 0 Å². The van der Waals surface area contributed by atoms with Gasteiger partial charge in [-0.2, -0.15) is 0 Å². The summed E-state index contributed by atoms with van der Waals surface area (Å²) in [6, 6.07) is 19.4. The van der Waals surface area contributed by atoms with E-state index >= 15 is 0 Å². The van der Waals surface area contributed by atoms with E-state index in [-0.39, 0.29) is 17.6 Å². The van der Waals surface area contributed by atoms with E-state index in [2.05, 4.69) is 20.6 Å². The second-order valence-corrected chi connectivity index (χ2v) is 5.38. The number of nitrogens with one attached hydrogen (secondary N) is 2. The van der Waals surface area contributed by atoms with Crippen LogP contribution in [0.15, 0.2) is 73.1 Å². The molecule has 0 bridgehead atoms. The first-order valence-electron chi connectivity index (χ1n) is 7.72. The topological polar surface area (TPSA) is 66.9 Å². The van der Waals surface area contributed by atoms with Crippen molar-refractivity contribution in [2.24, 2.45) is 0 Å². The summed E-state index contributed by atoms with van der Waals surface area (Å²) in [6.45, 7) is 2.05. The maximum atomic E-state index is 12.1. The first-order chi connectivity index (χ1) is 11.7. The molecular weight excluding hydrogens is 300 g/mol. The van der Waals surface area contributed by atoms with E-state index in [1.165, 1.54) is 6.20 Å². The summed E-state index contributed by atoms with van der Waals surface area (Å²) < 4.78 is 0. The van der Waals surface area contributed by atoms with Crippen LogP contribution in [0.2, 0.25) is 0 Å². The van der Waals surface area contributed by atoms with Crippen LogP contribution in [0.4, 0.5) is 11.5 Å². The van der Waals surface area contributed by atoms with Crippen LogP contribution in [-0.4, -0.2) is 15.9 Å². The smallest absolute Gasteiger partial charge is 0.275 e. The number of hydrogen-bond acceptors (Lipinski definition) is 4. The number of nitrogens with zero attached hydrogens (tertiary/aromatic N) is 2. The highest BCUT2D eigenvalue weighted by molar-refractivity contribution is 6.02. The normalized spacial score (nSPS) is 11.5. The van der Waals surface area contributed by atoms with Crippen LogP contribution in [0, 0.1) is 0 Å². The van der Waals surface area contributed by atoms with Crippen molar-refractivity contribution in [3.63, 3.8) is 0 Å². The summed E-state index contributed by atoms with van der Waals surface area (Å²) in [6.07, 6.45) is 3.04. The molecule has 1 aromatic heterocycles. The molecule has 0 saturated carbocycles. The summed E-state index contributed by atoms with van der Waals surface area (Å²) in [5.74, 6) is 0.346. The number of para-hydroxylation sites is 1. The number of amides is 1. The summed E-state index contributed by atoms with van der Waals surface area (Å²) in [5.41, 5.74) is 2.16. The molecular formula is C19H18N4O. The molecule has 0 aliphatic heterocycles. The Kier molecular flexibility index (Phi) is 4.81. The summed E-state index contributed by atoms with van der Waals surface area (Å²) in [4.78, 5) is 20.6. The van der Waals surface area contributed by atoms with E-state index in [0.717, 1.165) is 11.3 Å². The van der Waals surface area contributed by atoms with Crippen molar-refractivity contribution in [2.75, 3.05) is 10.6 Å². The molecule has 1 unspecified atom stereocenters. The number of carbonyl (C=O) groups is 1. The molecule has 5 nitrogen and oxygen atoms in total. The van der Waals surface area contributed by atoms with Gasteiger partial charge in [-0.3, -0.25) is 4.79 Å². The number of rotatable bonds is 5. The van der Waals surface area contributed by atoms with Crippen LogP contribution in [0.25, 0.3) is 0 Å². The molecule has 3 rings (SSSR count). The zero-order valence-electron chi connectivity index (χ0n) is 13.3. The summed E-state index contributed by atoms with van der Waals surface area (Å²) in [7, 11) is 0. The second kappa shape index (κ2) is 7.37. The maximum absolute atomic E-state index is 12.1. The SMILES string of the molecule is CC(Nc1cnc(C(=O)Nc2ccccc2)cn1)c1ccccc1. The lowest BCUT2D eigenvalue weighted by molar-refractivity contribution is 0.102. The van der Waals surface area contributed by atoms with Gasteiger partial charge in [-0.1, -0.05) is 48.5 Å². The monoisotopic (exact) mass is 318 g/mol. The third-order valence-corrected chi connectivity index (χ3v) is 3.58. The predicted octanol–water partition coefficient (Wildman–Crippen LogP) is 3.90. The van der Waals surface area contributed by atoms with Gasteiger partial charge >= 0.3 is 0 Å². The largest absolute Gasteiger partial charge is 0.362 e. The van der Waals surface area contributed by atoms with Crippen LogP contribution in [0.5, 0.6) is 0 Å². The number of hydrogen-bond donors (Lipinski definition) is 2. The Balaban J connectivity index is 1.64. The van der Waals surface area contributed by atoms with E-state index in [9.17, 15) is 4.79 Å². The van der Waals surface area contributed by atoms with Crippen molar-refractivity contribution in [3.8, 4) is 0 Å². The second-order valence-electron chi connectivity index (χ2n) is 5.38. The minimum atomic E-state index is -0.281. The molecule has 5 heteroatoms. The molecule has 0 spiro atoms. The molecule has 0 aliphatic rings. The highest BCUT2D eigenvalue weighted by Crippen LogP contribution is 2.17. The molecule has 24 heavy (non-hydrogen) atoms. The zero-order chi connectivity index (χ0) is 16.8. The van der Waals surface area contributed by atoms with Gasteiger partial charge in [0.15, 0.2) is 0 Å². The molecule has 0 aliphatic carbocycles. The highest BCUT2D eigenvalue weighted by atomic mass is 16.1. The Hall–Kier alpha value is -3.21. The van der Waals surface area contributed by atoms with Gasteiger partial charge in [-0.25, -0.2) is 9.97 Å². The standard InChI is InChI=1S/C19H18N4O/c1-14(15-8-4-2-5-9-15)22-18-13-20-17(12-21-18)19(24)23-16-10-6-3-7-11-16/h2-14H,1H3,(H,21,22)(H,23,24). The lowest BCUT2D eigenvalue weighted by Crippen LogP contribution is -2.15. The molecule has 0 radical (unpaired) electrons. The van der Waals surface area contributed by atoms with Crippen LogP contribution >= 0.6 is 0 Å². The average Bonchev–Trinajstić information content (AvgIpc) is 2.64. The van der Waals surface area contributed by atoms with Crippen molar-refractivity contribution in [1.82, 2.24) is 9.97 Å². The number of benzene rings is 2. The Morgan fingerprint density at radius 2 is 1.58 bits per heavy atom. The molecule has 1 amide bonds. The van der Waals surface area contributed by atoms with Crippen molar-refractivity contribution in [2.45, 2.75) is 13.0 Å². The Morgan fingerprint density at radius 3 is 2.21 bits per heavy atom. The zero-order valence-corrected chi connectivity index (χ0v) is 13.3. The van der Waals surface area contributed by atoms with Gasteiger partial charge in [0, 0.05) is 11.7 Å². The summed E-state index contributed by atoms with van der Waals surface area (Å²) in [5, 5.41) is 6.05. The quantitative estimate of drug-likeness (QED) is 0.748. The minimum absolute atomic E-state index is 0.101. The van der Waals surface area contributed by atoms with Gasteiger partial charge in [0.05, 0.1) is 12.4 Å². The first kappa shape index (κ1) is 15.7. The third kappa shape index (κ3) is 3.95. The Bertz CT molecular complexity index is 789. The van der Waals surface area contributed by atoms with Crippen molar-refractivity contribution in [1.29, 1.82) is 0 Å². The van der Waals surface area contributed by atoms with E-state index in [0.29, 0.717) is 5.82 Å². The molecule has 1 heterocycles. The lowest BCUT2D eigenvalue weighted by atomic mass is 10.1. The van der Waals surface area contributed by atoms with Crippen molar-refractivity contribution >= 4 is 17.4 Å². The fraction of sp³-hybridized carbons (Fsp3) is 0.105. The maximum Gasteiger partial charge on any atom is 0.275 e. The van der Waals surface area contributed by atoms with Crippen molar-refractivity contribution in [3.05, 3.63) is 84.3 Å². The number of aromatic nitrogens is 2. The minimum Gasteiger partial charge on any atom is -0.362 e. The molecule has 120 valence electrons. The number of anilines is 2. The molecule has 0 fully saturated rings. The van der Waals surface area contributed by atoms with Gasteiger partial charge in [0.25, 0.3) is 5.91 Å². The van der Waals surface area contributed by atoms with Crippen LogP contribution < -0.4 is 10.6 Å². The van der Waals surface area contributed by atoms with E-state index in [1.807, 2.05) is 67.6 Å². The molecule has 2 N–H and O–H groups in total. The first-order valence-corrected chi connectivity index (χ1v) is 7.72. The Morgan fingerprint density at radius 1 is 0.917 bits per heavy atom. The highest BCUT2D eigenvalue weighted by Gasteiger charge is 2.10. The predicted molar refractivity (Wildman–Crippen MR) is 94.9 cm³/mol. The molecule has 2 aromatic carbocycles. The molecule has 1 atom stereocenters.